The summed E-state index contributed by atoms with van der Waals surface area (Å²) in [6.07, 6.45) is 0.960. The molecule has 0 fully saturated rings. The number of hydrogen-bond acceptors (Lipinski definition) is 0. The Hall–Kier alpha value is -0.473. The molecular formula is C18H21Cl3Si. The van der Waals surface area contributed by atoms with Gasteiger partial charge in [0, 0.05) is 0 Å². The Bertz CT molecular complexity index is 576. The van der Waals surface area contributed by atoms with Crippen LogP contribution in [0.5, 0.6) is 0 Å². The monoisotopic (exact) mass is 370 g/mol. The summed E-state index contributed by atoms with van der Waals surface area (Å²) < 4.78 is 0. The zero-order chi connectivity index (χ0) is 16.2. The summed E-state index contributed by atoms with van der Waals surface area (Å²) >= 11 is 18.7. The van der Waals surface area contributed by atoms with Crippen LogP contribution in [0.2, 0.25) is 6.04 Å². The molecule has 2 aromatic rings. The molecule has 0 aliphatic carbocycles. The second kappa shape index (κ2) is 7.40. The van der Waals surface area contributed by atoms with Crippen LogP contribution in [0.15, 0.2) is 60.7 Å². The van der Waals surface area contributed by atoms with Gasteiger partial charge >= 0.3 is 6.00 Å². The summed E-state index contributed by atoms with van der Waals surface area (Å²) in [6.45, 7) is 4.52. The average Bonchev–Trinajstić information content (AvgIpc) is 2.47. The molecule has 0 radical (unpaired) electrons. The molecular weight excluding hydrogens is 351 g/mol. The van der Waals surface area contributed by atoms with E-state index in [4.69, 9.17) is 33.2 Å². The summed E-state index contributed by atoms with van der Waals surface area (Å²) in [7, 11) is 0. The molecule has 0 saturated carbocycles. The van der Waals surface area contributed by atoms with Gasteiger partial charge in [-0.1, -0.05) is 74.5 Å². The molecule has 0 aliphatic heterocycles. The third-order valence-electron chi connectivity index (χ3n) is 4.06. The largest absolute Gasteiger partial charge is 0.342 e. The molecule has 0 saturated heterocycles. The first-order chi connectivity index (χ1) is 10.3. The van der Waals surface area contributed by atoms with Crippen molar-refractivity contribution in [2.45, 2.75) is 37.6 Å². The topological polar surface area (TPSA) is 0 Å². The Morgan fingerprint density at radius 2 is 1.36 bits per heavy atom. The Balaban J connectivity index is 2.26. The lowest BCUT2D eigenvalue weighted by molar-refractivity contribution is 0.438. The number of benzene rings is 2. The van der Waals surface area contributed by atoms with E-state index in [0.29, 0.717) is 6.04 Å². The van der Waals surface area contributed by atoms with E-state index in [0.717, 1.165) is 6.42 Å². The lowest BCUT2D eigenvalue weighted by Crippen LogP contribution is -2.24. The van der Waals surface area contributed by atoms with Gasteiger partial charge in [0.2, 0.25) is 0 Å². The number of hydrogen-bond donors (Lipinski definition) is 0. The van der Waals surface area contributed by atoms with Gasteiger partial charge < -0.3 is 0 Å². The number of rotatable bonds is 6. The van der Waals surface area contributed by atoms with E-state index in [1.54, 1.807) is 0 Å². The van der Waals surface area contributed by atoms with E-state index in [2.05, 4.69) is 62.4 Å². The van der Waals surface area contributed by atoms with Gasteiger partial charge in [0.15, 0.2) is 0 Å². The Morgan fingerprint density at radius 1 is 0.864 bits per heavy atom. The molecule has 0 aromatic heterocycles. The predicted octanol–water partition coefficient (Wildman–Crippen LogP) is 6.79. The summed E-state index contributed by atoms with van der Waals surface area (Å²) in [6, 6.07) is 18.9. The lowest BCUT2D eigenvalue weighted by Gasteiger charge is -2.31. The van der Waals surface area contributed by atoms with Crippen LogP contribution in [0.25, 0.3) is 0 Å². The van der Waals surface area contributed by atoms with Crippen molar-refractivity contribution < 1.29 is 0 Å². The van der Waals surface area contributed by atoms with Crippen molar-refractivity contribution in [1.29, 1.82) is 0 Å². The van der Waals surface area contributed by atoms with Gasteiger partial charge in [0.1, 0.15) is 0 Å². The number of halogens is 3. The minimum absolute atomic E-state index is 0.0338. The molecule has 0 nitrogen and oxygen atoms in total. The molecule has 0 bridgehead atoms. The molecule has 118 valence electrons. The van der Waals surface area contributed by atoms with Crippen molar-refractivity contribution >= 4 is 39.2 Å². The Kier molecular flexibility index (Phi) is 6.01. The summed E-state index contributed by atoms with van der Waals surface area (Å²) in [5.41, 5.74) is 2.61. The quantitative estimate of drug-likeness (QED) is 0.387. The smallest absolute Gasteiger partial charge is 0.126 e. The van der Waals surface area contributed by atoms with Crippen LogP contribution in [0.4, 0.5) is 0 Å². The van der Waals surface area contributed by atoms with Crippen molar-refractivity contribution in [3.63, 3.8) is 0 Å². The van der Waals surface area contributed by atoms with Crippen molar-refractivity contribution in [2.75, 3.05) is 0 Å². The van der Waals surface area contributed by atoms with Gasteiger partial charge in [0.05, 0.1) is 0 Å². The van der Waals surface area contributed by atoms with Crippen molar-refractivity contribution in [2.24, 2.45) is 0 Å². The summed E-state index contributed by atoms with van der Waals surface area (Å²) in [5.74, 6) is 0.260. The van der Waals surface area contributed by atoms with E-state index in [-0.39, 0.29) is 11.3 Å². The van der Waals surface area contributed by atoms with Gasteiger partial charge in [-0.25, -0.2) is 0 Å². The van der Waals surface area contributed by atoms with Crippen LogP contribution in [0, 0.1) is 0 Å². The Labute approximate surface area is 148 Å². The molecule has 0 amide bonds. The molecule has 0 spiro atoms. The molecule has 0 N–H and O–H groups in total. The lowest BCUT2D eigenvalue weighted by atomic mass is 9.76. The first kappa shape index (κ1) is 17.9. The third-order valence-corrected chi connectivity index (χ3v) is 6.41. The van der Waals surface area contributed by atoms with Gasteiger partial charge in [-0.3, -0.25) is 0 Å². The fraction of sp³-hybridized carbons (Fsp3) is 0.333. The fourth-order valence-corrected chi connectivity index (χ4v) is 5.55. The second-order valence-electron chi connectivity index (χ2n) is 6.38. The third kappa shape index (κ3) is 5.31. The molecule has 2 rings (SSSR count). The van der Waals surface area contributed by atoms with E-state index in [9.17, 15) is 0 Å². The van der Waals surface area contributed by atoms with Gasteiger partial charge in [0.25, 0.3) is 0 Å². The zero-order valence-corrected chi connectivity index (χ0v) is 16.2. The van der Waals surface area contributed by atoms with E-state index < -0.39 is 6.00 Å². The maximum absolute atomic E-state index is 6.22. The highest BCUT2D eigenvalue weighted by Crippen LogP contribution is 2.42. The van der Waals surface area contributed by atoms with Gasteiger partial charge in [-0.05, 0) is 34.9 Å². The van der Waals surface area contributed by atoms with Crippen molar-refractivity contribution in [3.8, 4) is 0 Å². The van der Waals surface area contributed by atoms with Crippen LogP contribution < -0.4 is 0 Å². The summed E-state index contributed by atoms with van der Waals surface area (Å²) in [4.78, 5) is 0. The molecule has 1 unspecified atom stereocenters. The first-order valence-corrected chi connectivity index (χ1v) is 12.7. The van der Waals surface area contributed by atoms with Gasteiger partial charge in [-0.2, -0.15) is 0 Å². The highest BCUT2D eigenvalue weighted by molar-refractivity contribution is 7.64. The van der Waals surface area contributed by atoms with Crippen LogP contribution >= 0.6 is 33.2 Å². The molecule has 0 heterocycles. The normalized spacial score (nSPS) is 13.9. The SMILES string of the molecule is CC(C)(CC(C[Si](Cl)(Cl)Cl)c1ccccc1)c1ccccc1. The van der Waals surface area contributed by atoms with Gasteiger partial charge in [-0.15, -0.1) is 33.2 Å². The Morgan fingerprint density at radius 3 is 1.86 bits per heavy atom. The predicted molar refractivity (Wildman–Crippen MR) is 101 cm³/mol. The van der Waals surface area contributed by atoms with Crippen molar-refractivity contribution in [1.82, 2.24) is 0 Å². The highest BCUT2D eigenvalue weighted by Gasteiger charge is 2.34. The van der Waals surface area contributed by atoms with E-state index >= 15 is 0 Å². The van der Waals surface area contributed by atoms with E-state index in [1.807, 2.05) is 12.1 Å². The minimum Gasteiger partial charge on any atom is -0.126 e. The molecule has 0 aliphatic rings. The van der Waals surface area contributed by atoms with Crippen LogP contribution in [0.3, 0.4) is 0 Å². The average molecular weight is 372 g/mol. The standard InChI is InChI=1S/C18H21Cl3Si/c1-18(2,17-11-7-4-8-12-17)13-16(14-22(19,20)21)15-9-5-3-6-10-15/h3-12,16H,13-14H2,1-2H3. The zero-order valence-electron chi connectivity index (χ0n) is 12.9. The molecule has 1 atom stereocenters. The fourth-order valence-electron chi connectivity index (χ4n) is 2.94. The molecule has 4 heteroatoms. The van der Waals surface area contributed by atoms with Crippen LogP contribution in [-0.4, -0.2) is 6.00 Å². The molecule has 22 heavy (non-hydrogen) atoms. The maximum Gasteiger partial charge on any atom is 0.342 e. The maximum atomic E-state index is 6.22. The first-order valence-electron chi connectivity index (χ1n) is 7.45. The van der Waals surface area contributed by atoms with Crippen molar-refractivity contribution in [3.05, 3.63) is 71.8 Å². The summed E-state index contributed by atoms with van der Waals surface area (Å²) in [5, 5.41) is 0. The van der Waals surface area contributed by atoms with E-state index in [1.165, 1.54) is 11.1 Å². The van der Waals surface area contributed by atoms with Crippen LogP contribution in [-0.2, 0) is 5.41 Å². The minimum atomic E-state index is -2.69. The van der Waals surface area contributed by atoms with Crippen LogP contribution in [0.1, 0.15) is 37.3 Å². The second-order valence-corrected chi connectivity index (χ2v) is 15.6. The highest BCUT2D eigenvalue weighted by atomic mass is 35.8. The molecule has 2 aromatic carbocycles.